The molecule has 10 heteroatoms. The van der Waals surface area contributed by atoms with Crippen LogP contribution < -0.4 is 0 Å². The lowest BCUT2D eigenvalue weighted by Gasteiger charge is -2.59. The quantitative estimate of drug-likeness (QED) is 0.235. The van der Waals surface area contributed by atoms with Gasteiger partial charge in [0.25, 0.3) is 0 Å². The molecule has 0 heterocycles. The van der Waals surface area contributed by atoms with Gasteiger partial charge in [-0.25, -0.2) is 0 Å². The molecule has 0 saturated heterocycles. The topological polar surface area (TPSA) is 161 Å². The summed E-state index contributed by atoms with van der Waals surface area (Å²) in [4.78, 5) is 73.6. The fourth-order valence-corrected chi connectivity index (χ4v) is 15.0. The van der Waals surface area contributed by atoms with Crippen LogP contribution >= 0.6 is 0 Å². The Morgan fingerprint density at radius 2 is 1.10 bits per heavy atom. The second kappa shape index (κ2) is 15.5. The number of carbonyl (C=O) groups is 6. The minimum Gasteiger partial charge on any atom is -0.458 e. The van der Waals surface area contributed by atoms with Crippen molar-refractivity contribution in [2.24, 2.45) is 57.2 Å². The molecule has 6 fully saturated rings. The zero-order valence-electron chi connectivity index (χ0n) is 35.9. The van der Waals surface area contributed by atoms with Crippen molar-refractivity contribution in [3.05, 3.63) is 23.3 Å². The maximum Gasteiger partial charge on any atom is 0.306 e. The van der Waals surface area contributed by atoms with Crippen LogP contribution in [0.4, 0.5) is 0 Å². The number of esters is 2. The molecular weight excluding hydrogens is 737 g/mol. The van der Waals surface area contributed by atoms with Gasteiger partial charge < -0.3 is 19.7 Å². The lowest BCUT2D eigenvalue weighted by Crippen LogP contribution is -2.59. The van der Waals surface area contributed by atoms with Gasteiger partial charge >= 0.3 is 11.9 Å². The Hall–Kier alpha value is -2.98. The summed E-state index contributed by atoms with van der Waals surface area (Å²) in [6, 6.07) is 0. The molecule has 0 radical (unpaired) electrons. The molecule has 0 bridgehead atoms. The molecule has 0 aliphatic heterocycles. The number of ether oxygens (including phenoxy) is 2. The Bertz CT molecular complexity index is 1790. The molecule has 0 unspecified atom stereocenters. The highest BCUT2D eigenvalue weighted by Gasteiger charge is 2.69. The molecule has 320 valence electrons. The first-order valence-electron chi connectivity index (χ1n) is 22.6. The van der Waals surface area contributed by atoms with Crippen LogP contribution in [-0.4, -0.2) is 69.7 Å². The summed E-state index contributed by atoms with van der Waals surface area (Å²) in [7, 11) is 0. The van der Waals surface area contributed by atoms with E-state index in [4.69, 9.17) is 9.47 Å². The average molecular weight is 805 g/mol. The number of fused-ring (bicyclic) bond motifs is 10. The number of ketones is 4. The lowest BCUT2D eigenvalue weighted by atomic mass is 9.46. The largest absolute Gasteiger partial charge is 0.458 e. The lowest BCUT2D eigenvalue weighted by molar-refractivity contribution is -0.191. The Morgan fingerprint density at radius 1 is 0.621 bits per heavy atom. The van der Waals surface area contributed by atoms with Crippen molar-refractivity contribution in [3.63, 3.8) is 0 Å². The Morgan fingerprint density at radius 3 is 1.62 bits per heavy atom. The molecule has 8 aliphatic carbocycles. The fourth-order valence-electron chi connectivity index (χ4n) is 15.0. The highest BCUT2D eigenvalue weighted by atomic mass is 16.6. The van der Waals surface area contributed by atoms with Gasteiger partial charge in [-0.3, -0.25) is 28.8 Å². The summed E-state index contributed by atoms with van der Waals surface area (Å²) >= 11 is 0. The number of Topliss-reactive ketones (excluding diaryl/α,β-unsaturated/α-hetero) is 2. The monoisotopic (exact) mass is 804 g/mol. The fraction of sp³-hybridized carbons (Fsp3) is 0.792. The van der Waals surface area contributed by atoms with Crippen LogP contribution in [0.15, 0.2) is 23.3 Å². The van der Waals surface area contributed by atoms with Gasteiger partial charge in [0.15, 0.2) is 23.8 Å². The van der Waals surface area contributed by atoms with Crippen molar-refractivity contribution in [2.75, 3.05) is 13.2 Å². The molecule has 58 heavy (non-hydrogen) atoms. The van der Waals surface area contributed by atoms with E-state index >= 15 is 0 Å². The molecule has 6 saturated carbocycles. The molecule has 2 N–H and O–H groups in total. The predicted molar refractivity (Wildman–Crippen MR) is 216 cm³/mol. The summed E-state index contributed by atoms with van der Waals surface area (Å²) < 4.78 is 11.0. The first-order valence-corrected chi connectivity index (χ1v) is 22.6. The van der Waals surface area contributed by atoms with E-state index in [0.29, 0.717) is 61.2 Å². The third-order valence-corrected chi connectivity index (χ3v) is 18.5. The predicted octanol–water partition coefficient (Wildman–Crippen LogP) is 7.54. The molecule has 0 amide bonds. The molecule has 0 aromatic carbocycles. The Kier molecular flexibility index (Phi) is 11.5. The molecule has 0 spiro atoms. The molecule has 0 aromatic heterocycles. The smallest absolute Gasteiger partial charge is 0.306 e. The van der Waals surface area contributed by atoms with Crippen molar-refractivity contribution in [2.45, 2.75) is 168 Å². The molecular formula is C48H68O10. The van der Waals surface area contributed by atoms with Crippen molar-refractivity contribution in [1.82, 2.24) is 0 Å². The number of allylic oxidation sites excluding steroid dienone is 2. The van der Waals surface area contributed by atoms with Gasteiger partial charge in [-0.05, 0) is 148 Å². The number of hydrogen-bond donors (Lipinski definition) is 2. The first-order chi connectivity index (χ1) is 27.4. The SMILES string of the molecule is CCC(=O)OCC(=O)[C@@]1(O)CC[C@H]2[C@@H]3CCC4=CC(=O)CC[C@]4(C)[C@H]3CC[C@@]21C.CCC(=O)O[C@]1(C(=O)CO)CC[C@H]2[C@@H]3CCC4=CC(=O)CC[C@]4(C)[C@H]3CC[C@@]21C. The maximum absolute atomic E-state index is 13.0. The second-order valence-corrected chi connectivity index (χ2v) is 20.5. The van der Waals surface area contributed by atoms with Crippen LogP contribution in [0.2, 0.25) is 0 Å². The van der Waals surface area contributed by atoms with Gasteiger partial charge in [-0.15, -0.1) is 0 Å². The number of hydrogen-bond acceptors (Lipinski definition) is 10. The minimum absolute atomic E-state index is 0.0739. The normalized spacial score (nSPS) is 43.7. The standard InChI is InChI=1S/2C24H34O5/c1-4-21(27)29-14-20(26)24(28)12-9-19-17-6-5-15-13-16(25)7-10-22(15,2)18(17)8-11-23(19,24)3;1-4-21(28)29-24(20(27)14-25)12-9-19-17-6-5-15-13-16(26)7-10-22(15,2)18(17)8-11-23(19,24)3/h13,17-19,28H,4-12,14H2,1-3H3;13,17-19,25H,4-12,14H2,1-3H3/t2*17-,18+,19+,22+,23+,24+/m11/s1. The van der Waals surface area contributed by atoms with Crippen LogP contribution in [0.3, 0.4) is 0 Å². The highest BCUT2D eigenvalue weighted by Crippen LogP contribution is 2.70. The van der Waals surface area contributed by atoms with Gasteiger partial charge in [-0.2, -0.15) is 0 Å². The zero-order valence-corrected chi connectivity index (χ0v) is 35.9. The van der Waals surface area contributed by atoms with E-state index in [1.807, 2.05) is 12.2 Å². The molecule has 10 nitrogen and oxygen atoms in total. The minimum atomic E-state index is -1.41. The van der Waals surface area contributed by atoms with Crippen LogP contribution in [0.25, 0.3) is 0 Å². The van der Waals surface area contributed by atoms with Crippen LogP contribution in [-0.2, 0) is 38.2 Å². The van der Waals surface area contributed by atoms with E-state index in [1.165, 1.54) is 11.1 Å². The average Bonchev–Trinajstić information content (AvgIpc) is 3.67. The number of rotatable bonds is 8. The van der Waals surface area contributed by atoms with E-state index in [-0.39, 0.29) is 59.4 Å². The summed E-state index contributed by atoms with van der Waals surface area (Å²) in [5.41, 5.74) is -0.682. The summed E-state index contributed by atoms with van der Waals surface area (Å²) in [5, 5.41) is 21.2. The van der Waals surface area contributed by atoms with Gasteiger partial charge in [0.1, 0.15) is 12.2 Å². The first kappa shape index (κ1) is 43.1. The van der Waals surface area contributed by atoms with Crippen molar-refractivity contribution in [1.29, 1.82) is 0 Å². The highest BCUT2D eigenvalue weighted by molar-refractivity contribution is 5.93. The van der Waals surface area contributed by atoms with Crippen molar-refractivity contribution < 1.29 is 48.5 Å². The van der Waals surface area contributed by atoms with Gasteiger partial charge in [-0.1, -0.05) is 52.7 Å². The van der Waals surface area contributed by atoms with E-state index in [0.717, 1.165) is 77.0 Å². The van der Waals surface area contributed by atoms with Crippen LogP contribution in [0.5, 0.6) is 0 Å². The number of aliphatic hydroxyl groups excluding tert-OH is 1. The summed E-state index contributed by atoms with van der Waals surface area (Å²) in [6.07, 6.45) is 17.6. The second-order valence-electron chi connectivity index (χ2n) is 20.5. The molecule has 0 aromatic rings. The zero-order chi connectivity index (χ0) is 42.1. The Balaban J connectivity index is 0.000000177. The van der Waals surface area contributed by atoms with Gasteiger partial charge in [0.2, 0.25) is 11.6 Å². The van der Waals surface area contributed by atoms with E-state index < -0.39 is 34.6 Å². The maximum atomic E-state index is 13.0. The number of carbonyl (C=O) groups excluding carboxylic acids is 6. The molecule has 8 rings (SSSR count). The van der Waals surface area contributed by atoms with Gasteiger partial charge in [0, 0.05) is 36.5 Å². The van der Waals surface area contributed by atoms with E-state index in [1.54, 1.807) is 13.8 Å². The van der Waals surface area contributed by atoms with E-state index in [2.05, 4.69) is 27.7 Å². The van der Waals surface area contributed by atoms with Crippen LogP contribution in [0, 0.1) is 57.2 Å². The molecule has 12 atom stereocenters. The van der Waals surface area contributed by atoms with Crippen molar-refractivity contribution >= 4 is 35.1 Å². The van der Waals surface area contributed by atoms with Crippen molar-refractivity contribution in [3.8, 4) is 0 Å². The van der Waals surface area contributed by atoms with Gasteiger partial charge in [0.05, 0.1) is 0 Å². The summed E-state index contributed by atoms with van der Waals surface area (Å²) in [5.74, 6) is 1.66. The van der Waals surface area contributed by atoms with E-state index in [9.17, 15) is 39.0 Å². The summed E-state index contributed by atoms with van der Waals surface area (Å²) in [6.45, 7) is 11.4. The molecule has 8 aliphatic rings. The Labute approximate surface area is 344 Å². The number of aliphatic hydroxyl groups is 2. The third kappa shape index (κ3) is 6.46. The third-order valence-electron chi connectivity index (χ3n) is 18.5. The van der Waals surface area contributed by atoms with Crippen LogP contribution in [0.1, 0.15) is 157 Å².